The second-order valence-corrected chi connectivity index (χ2v) is 5.16. The second kappa shape index (κ2) is 4.41. The molecule has 0 aliphatic heterocycles. The van der Waals surface area contributed by atoms with Crippen LogP contribution in [0.4, 0.5) is 0 Å². The van der Waals surface area contributed by atoms with Gasteiger partial charge in [0.05, 0.1) is 11.8 Å². The lowest BCUT2D eigenvalue weighted by Crippen LogP contribution is -1.98. The minimum absolute atomic E-state index is 0.353. The van der Waals surface area contributed by atoms with E-state index in [0.29, 0.717) is 11.1 Å². The Morgan fingerprint density at radius 3 is 3.07 bits per heavy atom. The molecule has 0 fully saturated rings. The molecule has 5 heteroatoms. The van der Waals surface area contributed by atoms with Crippen LogP contribution in [0.5, 0.6) is 0 Å². The Morgan fingerprint density at radius 2 is 2.33 bits per heavy atom. The molecule has 1 unspecified atom stereocenters. The van der Waals surface area contributed by atoms with Crippen molar-refractivity contribution in [2.45, 2.75) is 17.2 Å². The van der Waals surface area contributed by atoms with Crippen LogP contribution in [0.25, 0.3) is 11.0 Å². The van der Waals surface area contributed by atoms with E-state index in [0.717, 1.165) is 16.1 Å². The zero-order valence-corrected chi connectivity index (χ0v) is 10.2. The van der Waals surface area contributed by atoms with Crippen molar-refractivity contribution in [1.29, 1.82) is 0 Å². The molecule has 0 N–H and O–H groups in total. The summed E-state index contributed by atoms with van der Waals surface area (Å²) in [6, 6.07) is 1.97. The molecular weight excluding hydrogens is 230 g/mol. The largest absolute Gasteiger partial charge is 0.334 e. The number of nitrogens with zero attached hydrogens (tertiary/aromatic N) is 3. The second-order valence-electron chi connectivity index (χ2n) is 3.42. The van der Waals surface area contributed by atoms with Crippen LogP contribution in [0.3, 0.4) is 0 Å². The number of hydrogen-bond donors (Lipinski definition) is 0. The van der Waals surface area contributed by atoms with E-state index in [2.05, 4.69) is 16.9 Å². The maximum absolute atomic E-state index is 5.78. The number of halogens is 1. The lowest BCUT2D eigenvalue weighted by molar-refractivity contribution is 0.947. The molecule has 2 heterocycles. The average molecular weight is 242 g/mol. The third kappa shape index (κ3) is 2.11. The molecule has 0 amide bonds. The number of fused-ring (bicyclic) bond motifs is 1. The van der Waals surface area contributed by atoms with Crippen molar-refractivity contribution < 1.29 is 0 Å². The average Bonchev–Trinajstić information content (AvgIpc) is 2.62. The van der Waals surface area contributed by atoms with Crippen LogP contribution in [0.2, 0.25) is 0 Å². The van der Waals surface area contributed by atoms with Crippen LogP contribution in [0.1, 0.15) is 6.92 Å². The number of rotatable bonds is 3. The number of aryl methyl sites for hydroxylation is 1. The van der Waals surface area contributed by atoms with Gasteiger partial charge in [0.2, 0.25) is 0 Å². The number of pyridine rings is 1. The summed E-state index contributed by atoms with van der Waals surface area (Å²) >= 11 is 7.45. The van der Waals surface area contributed by atoms with Gasteiger partial charge in [0.15, 0.2) is 0 Å². The summed E-state index contributed by atoms with van der Waals surface area (Å²) in [6.07, 6.45) is 3.62. The van der Waals surface area contributed by atoms with Gasteiger partial charge in [-0.2, -0.15) is 0 Å². The van der Waals surface area contributed by atoms with Gasteiger partial charge in [0, 0.05) is 24.4 Å². The molecule has 15 heavy (non-hydrogen) atoms. The predicted octanol–water partition coefficient (Wildman–Crippen LogP) is 2.69. The lowest BCUT2D eigenvalue weighted by Gasteiger charge is -2.06. The molecule has 0 saturated heterocycles. The first-order valence-corrected chi connectivity index (χ1v) is 6.12. The van der Waals surface area contributed by atoms with Crippen molar-refractivity contribution in [1.82, 2.24) is 14.5 Å². The Labute approximate surface area is 97.9 Å². The number of aromatic nitrogens is 3. The highest BCUT2D eigenvalue weighted by Gasteiger charge is 2.10. The summed E-state index contributed by atoms with van der Waals surface area (Å²) in [5.41, 5.74) is 2.07. The van der Waals surface area contributed by atoms with E-state index >= 15 is 0 Å². The van der Waals surface area contributed by atoms with Gasteiger partial charge in [0.25, 0.3) is 0 Å². The van der Waals surface area contributed by atoms with Gasteiger partial charge in [-0.25, -0.2) is 9.97 Å². The van der Waals surface area contributed by atoms with Crippen molar-refractivity contribution in [3.8, 4) is 0 Å². The summed E-state index contributed by atoms with van der Waals surface area (Å²) in [7, 11) is 1.98. The highest BCUT2D eigenvalue weighted by atomic mass is 35.5. The molecule has 0 saturated carbocycles. The Kier molecular flexibility index (Phi) is 3.17. The van der Waals surface area contributed by atoms with E-state index in [1.54, 1.807) is 11.8 Å². The van der Waals surface area contributed by atoms with E-state index in [4.69, 9.17) is 11.6 Å². The molecule has 2 aromatic rings. The van der Waals surface area contributed by atoms with E-state index in [9.17, 15) is 0 Å². The molecule has 0 aliphatic carbocycles. The van der Waals surface area contributed by atoms with Crippen LogP contribution in [0, 0.1) is 0 Å². The van der Waals surface area contributed by atoms with Crippen LogP contribution in [-0.2, 0) is 7.05 Å². The Bertz CT molecular complexity index is 469. The van der Waals surface area contributed by atoms with Crippen LogP contribution in [-0.4, -0.2) is 25.7 Å². The fraction of sp³-hybridized carbons (Fsp3) is 0.400. The van der Waals surface area contributed by atoms with E-state index < -0.39 is 0 Å². The van der Waals surface area contributed by atoms with Crippen LogP contribution in [0.15, 0.2) is 23.6 Å². The lowest BCUT2D eigenvalue weighted by atomic mass is 10.4. The van der Waals surface area contributed by atoms with Gasteiger partial charge < -0.3 is 4.57 Å². The Hall–Kier alpha value is -0.740. The number of hydrogen-bond acceptors (Lipinski definition) is 3. The third-order valence-corrected chi connectivity index (χ3v) is 3.88. The molecule has 2 rings (SSSR count). The molecule has 2 aromatic heterocycles. The third-order valence-electron chi connectivity index (χ3n) is 2.14. The summed E-state index contributed by atoms with van der Waals surface area (Å²) in [4.78, 5) is 8.68. The first-order valence-electron chi connectivity index (χ1n) is 4.71. The van der Waals surface area contributed by atoms with E-state index in [-0.39, 0.29) is 0 Å². The summed E-state index contributed by atoms with van der Waals surface area (Å²) in [6.45, 7) is 2.08. The minimum atomic E-state index is 0.353. The van der Waals surface area contributed by atoms with Crippen molar-refractivity contribution >= 4 is 34.4 Å². The Morgan fingerprint density at radius 1 is 1.53 bits per heavy atom. The minimum Gasteiger partial charge on any atom is -0.334 e. The van der Waals surface area contributed by atoms with Gasteiger partial charge in [-0.1, -0.05) is 18.7 Å². The molecule has 80 valence electrons. The SMILES string of the molecule is CC(CCl)Sc1nccc2c1ncn2C. The molecular formula is C10H12ClN3S. The molecule has 1 atom stereocenters. The maximum Gasteiger partial charge on any atom is 0.124 e. The predicted molar refractivity (Wildman–Crippen MR) is 64.5 cm³/mol. The fourth-order valence-electron chi connectivity index (χ4n) is 1.35. The molecule has 0 aromatic carbocycles. The molecule has 0 spiro atoms. The number of thioether (sulfide) groups is 1. The van der Waals surface area contributed by atoms with Crippen LogP contribution < -0.4 is 0 Å². The fourth-order valence-corrected chi connectivity index (χ4v) is 2.37. The smallest absolute Gasteiger partial charge is 0.124 e. The zero-order chi connectivity index (χ0) is 10.8. The Balaban J connectivity index is 2.43. The van der Waals surface area contributed by atoms with Gasteiger partial charge in [0.1, 0.15) is 10.5 Å². The van der Waals surface area contributed by atoms with Crippen molar-refractivity contribution in [3.63, 3.8) is 0 Å². The standard InChI is InChI=1S/C10H12ClN3S/c1-7(5-11)15-10-9-8(3-4-12-10)14(2)6-13-9/h3-4,6-7H,5H2,1-2H3. The van der Waals surface area contributed by atoms with Crippen LogP contribution >= 0.6 is 23.4 Å². The van der Waals surface area contributed by atoms with Gasteiger partial charge in [-0.05, 0) is 6.07 Å². The molecule has 0 bridgehead atoms. The quantitative estimate of drug-likeness (QED) is 0.612. The highest BCUT2D eigenvalue weighted by Crippen LogP contribution is 2.27. The highest BCUT2D eigenvalue weighted by molar-refractivity contribution is 8.00. The molecule has 3 nitrogen and oxygen atoms in total. The summed E-state index contributed by atoms with van der Waals surface area (Å²) in [5.74, 6) is 0.621. The molecule has 0 radical (unpaired) electrons. The number of imidazole rings is 1. The number of alkyl halides is 1. The van der Waals surface area contributed by atoms with Gasteiger partial charge in [-0.3, -0.25) is 0 Å². The van der Waals surface area contributed by atoms with Crippen molar-refractivity contribution in [3.05, 3.63) is 18.6 Å². The normalized spacial score (nSPS) is 13.3. The van der Waals surface area contributed by atoms with Gasteiger partial charge in [-0.15, -0.1) is 11.6 Å². The molecule has 0 aliphatic rings. The topological polar surface area (TPSA) is 30.7 Å². The zero-order valence-electron chi connectivity index (χ0n) is 8.64. The van der Waals surface area contributed by atoms with Crippen molar-refractivity contribution in [2.24, 2.45) is 7.05 Å². The van der Waals surface area contributed by atoms with Crippen molar-refractivity contribution in [2.75, 3.05) is 5.88 Å². The maximum atomic E-state index is 5.78. The van der Waals surface area contributed by atoms with E-state index in [1.165, 1.54) is 0 Å². The summed E-state index contributed by atoms with van der Waals surface area (Å²) < 4.78 is 1.99. The summed E-state index contributed by atoms with van der Waals surface area (Å²) in [5, 5.41) is 1.31. The first kappa shape index (κ1) is 10.8. The first-order chi connectivity index (χ1) is 7.22. The van der Waals surface area contributed by atoms with Gasteiger partial charge >= 0.3 is 0 Å². The van der Waals surface area contributed by atoms with E-state index in [1.807, 2.05) is 30.2 Å². The monoisotopic (exact) mass is 241 g/mol.